The second-order valence-corrected chi connectivity index (χ2v) is 4.68. The van der Waals surface area contributed by atoms with Crippen LogP contribution in [0.25, 0.3) is 0 Å². The molecule has 0 saturated heterocycles. The van der Waals surface area contributed by atoms with Crippen molar-refractivity contribution in [3.05, 3.63) is 39.7 Å². The summed E-state index contributed by atoms with van der Waals surface area (Å²) < 4.78 is 13.0. The fraction of sp³-hybridized carbons (Fsp3) is 0.500. The molecular formula is C12H15FN2O2. The Morgan fingerprint density at radius 3 is 2.82 bits per heavy atom. The van der Waals surface area contributed by atoms with Gasteiger partial charge in [0, 0.05) is 24.2 Å². The van der Waals surface area contributed by atoms with E-state index in [1.54, 1.807) is 0 Å². The minimum absolute atomic E-state index is 0.0220. The number of hydrogen-bond donors (Lipinski definition) is 1. The first-order valence-electron chi connectivity index (χ1n) is 5.72. The topological polar surface area (TPSA) is 55.2 Å². The molecule has 1 N–H and O–H groups in total. The number of benzene rings is 1. The molecule has 0 amide bonds. The molecule has 1 saturated carbocycles. The number of nitrogens with one attached hydrogen (secondary N) is 1. The van der Waals surface area contributed by atoms with Crippen LogP contribution >= 0.6 is 0 Å². The standard InChI is InChI=1S/C12H15FN2O2/c1-8-4-11(5-8)14-7-9-6-10(13)2-3-12(9)15(16)17/h2-3,6,8,11,14H,4-5,7H2,1H3. The normalized spacial score (nSPS) is 23.2. The van der Waals surface area contributed by atoms with E-state index in [0.717, 1.165) is 24.8 Å². The molecule has 1 aromatic rings. The highest BCUT2D eigenvalue weighted by atomic mass is 19.1. The SMILES string of the molecule is CC1CC(NCc2cc(F)ccc2[N+](=O)[O-])C1. The van der Waals surface area contributed by atoms with E-state index in [0.29, 0.717) is 18.2 Å². The van der Waals surface area contributed by atoms with Crippen LogP contribution in [0.3, 0.4) is 0 Å². The van der Waals surface area contributed by atoms with Crippen LogP contribution in [0.15, 0.2) is 18.2 Å². The van der Waals surface area contributed by atoms with Gasteiger partial charge >= 0.3 is 0 Å². The monoisotopic (exact) mass is 238 g/mol. The highest BCUT2D eigenvalue weighted by Crippen LogP contribution is 2.27. The molecule has 0 spiro atoms. The predicted molar refractivity (Wildman–Crippen MR) is 62.1 cm³/mol. The second-order valence-electron chi connectivity index (χ2n) is 4.68. The molecular weight excluding hydrogens is 223 g/mol. The van der Waals surface area contributed by atoms with E-state index in [9.17, 15) is 14.5 Å². The Morgan fingerprint density at radius 2 is 2.24 bits per heavy atom. The van der Waals surface area contributed by atoms with Crippen molar-refractivity contribution in [2.24, 2.45) is 5.92 Å². The fourth-order valence-corrected chi connectivity index (χ4v) is 2.20. The highest BCUT2D eigenvalue weighted by molar-refractivity contribution is 5.40. The van der Waals surface area contributed by atoms with E-state index in [1.165, 1.54) is 12.1 Å². The lowest BCUT2D eigenvalue weighted by molar-refractivity contribution is -0.385. The molecule has 1 aliphatic rings. The first kappa shape index (κ1) is 12.0. The molecule has 1 fully saturated rings. The van der Waals surface area contributed by atoms with Crippen molar-refractivity contribution >= 4 is 5.69 Å². The van der Waals surface area contributed by atoms with Crippen molar-refractivity contribution in [3.8, 4) is 0 Å². The average Bonchev–Trinajstić information content (AvgIpc) is 2.22. The van der Waals surface area contributed by atoms with Gasteiger partial charge in [0.15, 0.2) is 0 Å². The molecule has 92 valence electrons. The van der Waals surface area contributed by atoms with Gasteiger partial charge in [-0.25, -0.2) is 4.39 Å². The number of rotatable bonds is 4. The molecule has 1 aromatic carbocycles. The lowest BCUT2D eigenvalue weighted by Gasteiger charge is -2.33. The van der Waals surface area contributed by atoms with Crippen molar-refractivity contribution in [1.29, 1.82) is 0 Å². The molecule has 0 unspecified atom stereocenters. The Bertz CT molecular complexity index is 431. The molecule has 0 aromatic heterocycles. The van der Waals surface area contributed by atoms with Crippen LogP contribution in [-0.2, 0) is 6.54 Å². The Labute approximate surface area is 99.0 Å². The molecule has 0 radical (unpaired) electrons. The van der Waals surface area contributed by atoms with Gasteiger partial charge in [-0.2, -0.15) is 0 Å². The van der Waals surface area contributed by atoms with Crippen LogP contribution in [-0.4, -0.2) is 11.0 Å². The van der Waals surface area contributed by atoms with E-state index in [1.807, 2.05) is 0 Å². The third-order valence-corrected chi connectivity index (χ3v) is 3.19. The van der Waals surface area contributed by atoms with Crippen molar-refractivity contribution < 1.29 is 9.31 Å². The zero-order valence-electron chi connectivity index (χ0n) is 9.65. The van der Waals surface area contributed by atoms with E-state index in [4.69, 9.17) is 0 Å². The summed E-state index contributed by atoms with van der Waals surface area (Å²) in [5, 5.41) is 14.0. The minimum Gasteiger partial charge on any atom is -0.310 e. The van der Waals surface area contributed by atoms with E-state index < -0.39 is 10.7 Å². The van der Waals surface area contributed by atoms with Gasteiger partial charge in [-0.1, -0.05) is 6.92 Å². The van der Waals surface area contributed by atoms with Gasteiger partial charge in [0.2, 0.25) is 0 Å². The van der Waals surface area contributed by atoms with Crippen LogP contribution in [0.2, 0.25) is 0 Å². The summed E-state index contributed by atoms with van der Waals surface area (Å²) in [5.74, 6) is 0.282. The van der Waals surface area contributed by atoms with E-state index in [-0.39, 0.29) is 5.69 Å². The van der Waals surface area contributed by atoms with Gasteiger partial charge < -0.3 is 5.32 Å². The zero-order chi connectivity index (χ0) is 12.4. The van der Waals surface area contributed by atoms with Crippen LogP contribution in [0, 0.1) is 21.8 Å². The average molecular weight is 238 g/mol. The number of nitro benzene ring substituents is 1. The summed E-state index contributed by atoms with van der Waals surface area (Å²) in [6, 6.07) is 3.98. The Morgan fingerprint density at radius 1 is 1.53 bits per heavy atom. The van der Waals surface area contributed by atoms with E-state index in [2.05, 4.69) is 12.2 Å². The maximum absolute atomic E-state index is 13.0. The molecule has 1 aliphatic carbocycles. The van der Waals surface area contributed by atoms with Crippen LogP contribution < -0.4 is 5.32 Å². The summed E-state index contributed by atoms with van der Waals surface area (Å²) in [6.07, 6.45) is 2.17. The number of hydrogen-bond acceptors (Lipinski definition) is 3. The number of halogens is 1. The second kappa shape index (κ2) is 4.79. The maximum atomic E-state index is 13.0. The van der Waals surface area contributed by atoms with Gasteiger partial charge in [0.05, 0.1) is 4.92 Å². The summed E-state index contributed by atoms with van der Waals surface area (Å²) in [6.45, 7) is 2.52. The number of nitro groups is 1. The minimum atomic E-state index is -0.472. The quantitative estimate of drug-likeness (QED) is 0.648. The lowest BCUT2D eigenvalue weighted by atomic mass is 9.82. The Kier molecular flexibility index (Phi) is 3.38. The summed E-state index contributed by atoms with van der Waals surface area (Å²) in [4.78, 5) is 10.3. The summed E-state index contributed by atoms with van der Waals surface area (Å²) in [7, 11) is 0. The molecule has 17 heavy (non-hydrogen) atoms. The van der Waals surface area contributed by atoms with Gasteiger partial charge in [-0.05, 0) is 30.9 Å². The molecule has 4 nitrogen and oxygen atoms in total. The summed E-state index contributed by atoms with van der Waals surface area (Å²) >= 11 is 0. The van der Waals surface area contributed by atoms with Gasteiger partial charge in [0.25, 0.3) is 5.69 Å². The first-order chi connectivity index (χ1) is 8.06. The van der Waals surface area contributed by atoms with Gasteiger partial charge in [-0.15, -0.1) is 0 Å². The molecule has 2 rings (SSSR count). The van der Waals surface area contributed by atoms with Crippen molar-refractivity contribution in [3.63, 3.8) is 0 Å². The molecule has 0 heterocycles. The molecule has 0 bridgehead atoms. The zero-order valence-corrected chi connectivity index (χ0v) is 9.65. The fourth-order valence-electron chi connectivity index (χ4n) is 2.20. The van der Waals surface area contributed by atoms with Crippen molar-refractivity contribution in [2.75, 3.05) is 0 Å². The summed E-state index contributed by atoms with van der Waals surface area (Å²) in [5.41, 5.74) is 0.390. The Balaban J connectivity index is 2.03. The van der Waals surface area contributed by atoms with Crippen molar-refractivity contribution in [1.82, 2.24) is 5.32 Å². The Hall–Kier alpha value is -1.49. The van der Waals surface area contributed by atoms with Crippen LogP contribution in [0.1, 0.15) is 25.3 Å². The third kappa shape index (κ3) is 2.79. The molecule has 0 atom stereocenters. The van der Waals surface area contributed by atoms with Crippen LogP contribution in [0.5, 0.6) is 0 Å². The number of nitrogens with zero attached hydrogens (tertiary/aromatic N) is 1. The third-order valence-electron chi connectivity index (χ3n) is 3.19. The predicted octanol–water partition coefficient (Wildman–Crippen LogP) is 2.62. The van der Waals surface area contributed by atoms with Gasteiger partial charge in [0.1, 0.15) is 5.82 Å². The largest absolute Gasteiger partial charge is 0.310 e. The van der Waals surface area contributed by atoms with Crippen LogP contribution in [0.4, 0.5) is 10.1 Å². The molecule has 0 aliphatic heterocycles. The lowest BCUT2D eigenvalue weighted by Crippen LogP contribution is -2.39. The highest BCUT2D eigenvalue weighted by Gasteiger charge is 2.25. The van der Waals surface area contributed by atoms with Gasteiger partial charge in [-0.3, -0.25) is 10.1 Å². The molecule has 5 heteroatoms. The smallest absolute Gasteiger partial charge is 0.274 e. The van der Waals surface area contributed by atoms with E-state index >= 15 is 0 Å². The maximum Gasteiger partial charge on any atom is 0.274 e. The van der Waals surface area contributed by atoms with Crippen molar-refractivity contribution in [2.45, 2.75) is 32.4 Å². The first-order valence-corrected chi connectivity index (χ1v) is 5.72.